The topological polar surface area (TPSA) is 42.0 Å². The number of fused-ring (bicyclic) bond motifs is 1. The summed E-state index contributed by atoms with van der Waals surface area (Å²) in [6.07, 6.45) is 4.93. The van der Waals surface area contributed by atoms with E-state index < -0.39 is 0 Å². The highest BCUT2D eigenvalue weighted by Crippen LogP contribution is 2.29. The number of carbonyl (C=O) groups is 1. The van der Waals surface area contributed by atoms with E-state index in [0.717, 1.165) is 17.4 Å². The summed E-state index contributed by atoms with van der Waals surface area (Å²) >= 11 is 3.73. The van der Waals surface area contributed by atoms with Crippen molar-refractivity contribution in [2.24, 2.45) is 5.92 Å². The molecule has 1 aliphatic rings. The first-order valence-electron chi connectivity index (χ1n) is 7.52. The summed E-state index contributed by atoms with van der Waals surface area (Å²) in [5.41, 5.74) is 1.36. The van der Waals surface area contributed by atoms with Crippen molar-refractivity contribution in [2.75, 3.05) is 6.54 Å². The summed E-state index contributed by atoms with van der Waals surface area (Å²) in [7, 11) is 0. The number of aromatic nitrogens is 1. The Labute approximate surface area is 133 Å². The molecule has 2 atom stereocenters. The lowest BCUT2D eigenvalue weighted by atomic mass is 9.89. The van der Waals surface area contributed by atoms with Gasteiger partial charge in [-0.15, -0.1) is 0 Å². The quantitative estimate of drug-likeness (QED) is 0.855. The molecule has 1 fully saturated rings. The lowest BCUT2D eigenvalue weighted by molar-refractivity contribution is 0.0940. The van der Waals surface area contributed by atoms with Crippen molar-refractivity contribution >= 4 is 32.7 Å². The van der Waals surface area contributed by atoms with Gasteiger partial charge in [-0.05, 0) is 30.9 Å². The van der Waals surface area contributed by atoms with Gasteiger partial charge >= 0.3 is 0 Å². The highest BCUT2D eigenvalue weighted by Gasteiger charge is 2.23. The number of halogens is 1. The van der Waals surface area contributed by atoms with E-state index >= 15 is 0 Å². The van der Waals surface area contributed by atoms with Crippen LogP contribution in [0.3, 0.4) is 0 Å². The molecule has 0 aliphatic heterocycles. The van der Waals surface area contributed by atoms with Gasteiger partial charge in [-0.1, -0.05) is 53.0 Å². The van der Waals surface area contributed by atoms with Gasteiger partial charge in [0, 0.05) is 16.8 Å². The van der Waals surface area contributed by atoms with Gasteiger partial charge < -0.3 is 5.32 Å². The second-order valence-electron chi connectivity index (χ2n) is 5.66. The van der Waals surface area contributed by atoms with Gasteiger partial charge in [-0.25, -0.2) is 4.98 Å². The predicted octanol–water partition coefficient (Wildman–Crippen LogP) is 3.92. The first-order valence-corrected chi connectivity index (χ1v) is 8.43. The van der Waals surface area contributed by atoms with Crippen LogP contribution in [0.5, 0.6) is 0 Å². The molecular weight excluding hydrogens is 328 g/mol. The molecule has 1 saturated carbocycles. The smallest absolute Gasteiger partial charge is 0.269 e. The van der Waals surface area contributed by atoms with Crippen LogP contribution in [0.4, 0.5) is 0 Å². The van der Waals surface area contributed by atoms with Crippen LogP contribution in [-0.2, 0) is 0 Å². The number of amides is 1. The molecule has 0 saturated heterocycles. The molecule has 2 aromatic rings. The summed E-state index contributed by atoms with van der Waals surface area (Å²) in [5, 5.41) is 4.09. The van der Waals surface area contributed by atoms with Crippen LogP contribution in [0.1, 0.15) is 36.2 Å². The van der Waals surface area contributed by atoms with Crippen LogP contribution in [0.15, 0.2) is 36.4 Å². The molecular formula is C17H19BrN2O. The zero-order valence-electron chi connectivity index (χ0n) is 11.9. The van der Waals surface area contributed by atoms with Crippen molar-refractivity contribution < 1.29 is 4.79 Å². The van der Waals surface area contributed by atoms with Crippen molar-refractivity contribution in [1.82, 2.24) is 10.3 Å². The van der Waals surface area contributed by atoms with Crippen molar-refractivity contribution in [3.05, 3.63) is 42.1 Å². The van der Waals surface area contributed by atoms with Crippen LogP contribution >= 0.6 is 15.9 Å². The summed E-state index contributed by atoms with van der Waals surface area (Å²) < 4.78 is 0. The third-order valence-corrected chi connectivity index (χ3v) is 5.38. The Morgan fingerprint density at radius 2 is 2.00 bits per heavy atom. The summed E-state index contributed by atoms with van der Waals surface area (Å²) in [6.45, 7) is 0.725. The van der Waals surface area contributed by atoms with Crippen molar-refractivity contribution in [3.8, 4) is 0 Å². The lowest BCUT2D eigenvalue weighted by Crippen LogP contribution is -2.34. The molecule has 0 bridgehead atoms. The van der Waals surface area contributed by atoms with E-state index in [0.29, 0.717) is 16.4 Å². The van der Waals surface area contributed by atoms with Gasteiger partial charge in [0.15, 0.2) is 0 Å². The van der Waals surface area contributed by atoms with E-state index in [1.54, 1.807) is 6.07 Å². The largest absolute Gasteiger partial charge is 0.350 e. The zero-order valence-corrected chi connectivity index (χ0v) is 13.5. The molecule has 3 nitrogen and oxygen atoms in total. The second kappa shape index (κ2) is 6.56. The highest BCUT2D eigenvalue weighted by molar-refractivity contribution is 9.09. The van der Waals surface area contributed by atoms with Crippen LogP contribution in [0.25, 0.3) is 10.9 Å². The molecule has 1 aliphatic carbocycles. The molecule has 1 aromatic carbocycles. The standard InChI is InChI=1S/C17H19BrN2O/c18-14-7-3-1-6-13(14)11-19-17(21)16-10-9-12-5-2-4-8-15(12)20-16/h2,4-5,8-10,13-14H,1,3,6-7,11H2,(H,19,21). The molecule has 4 heteroatoms. The zero-order chi connectivity index (χ0) is 14.7. The Bertz CT molecular complexity index is 643. The third kappa shape index (κ3) is 3.43. The van der Waals surface area contributed by atoms with E-state index in [9.17, 15) is 4.79 Å². The fourth-order valence-electron chi connectivity index (χ4n) is 2.90. The fraction of sp³-hybridized carbons (Fsp3) is 0.412. The molecule has 1 aromatic heterocycles. The number of alkyl halides is 1. The third-order valence-electron chi connectivity index (χ3n) is 4.17. The molecule has 1 N–H and O–H groups in total. The summed E-state index contributed by atoms with van der Waals surface area (Å²) in [6, 6.07) is 11.6. The Kier molecular flexibility index (Phi) is 4.54. The molecule has 3 rings (SSSR count). The fourth-order valence-corrected chi connectivity index (χ4v) is 3.67. The average Bonchev–Trinajstić information content (AvgIpc) is 2.53. The van der Waals surface area contributed by atoms with Crippen LogP contribution in [0, 0.1) is 5.92 Å². The Morgan fingerprint density at radius 1 is 1.19 bits per heavy atom. The number of pyridine rings is 1. The molecule has 21 heavy (non-hydrogen) atoms. The van der Waals surface area contributed by atoms with E-state index in [-0.39, 0.29) is 5.91 Å². The van der Waals surface area contributed by atoms with E-state index in [2.05, 4.69) is 26.2 Å². The minimum absolute atomic E-state index is 0.0778. The van der Waals surface area contributed by atoms with E-state index in [1.807, 2.05) is 30.3 Å². The summed E-state index contributed by atoms with van der Waals surface area (Å²) in [4.78, 5) is 17.2. The van der Waals surface area contributed by atoms with Crippen molar-refractivity contribution in [1.29, 1.82) is 0 Å². The molecule has 2 unspecified atom stereocenters. The van der Waals surface area contributed by atoms with Crippen LogP contribution in [-0.4, -0.2) is 22.3 Å². The Balaban J connectivity index is 1.66. The number of rotatable bonds is 3. The van der Waals surface area contributed by atoms with Gasteiger partial charge in [0.1, 0.15) is 5.69 Å². The first kappa shape index (κ1) is 14.5. The number of benzene rings is 1. The first-order chi connectivity index (χ1) is 10.2. The minimum Gasteiger partial charge on any atom is -0.350 e. The van der Waals surface area contributed by atoms with Gasteiger partial charge in [0.05, 0.1) is 5.52 Å². The number of nitrogens with zero attached hydrogens (tertiary/aromatic N) is 1. The molecule has 110 valence electrons. The average molecular weight is 347 g/mol. The monoisotopic (exact) mass is 346 g/mol. The van der Waals surface area contributed by atoms with Crippen LogP contribution in [0.2, 0.25) is 0 Å². The molecule has 1 heterocycles. The highest BCUT2D eigenvalue weighted by atomic mass is 79.9. The predicted molar refractivity (Wildman–Crippen MR) is 88.7 cm³/mol. The van der Waals surface area contributed by atoms with E-state index in [1.165, 1.54) is 25.7 Å². The minimum atomic E-state index is -0.0778. The van der Waals surface area contributed by atoms with Gasteiger partial charge in [-0.2, -0.15) is 0 Å². The van der Waals surface area contributed by atoms with Crippen LogP contribution < -0.4 is 5.32 Å². The number of hydrogen-bond acceptors (Lipinski definition) is 2. The second-order valence-corrected chi connectivity index (χ2v) is 6.84. The molecule has 1 amide bonds. The van der Waals surface area contributed by atoms with Gasteiger partial charge in [0.2, 0.25) is 0 Å². The maximum absolute atomic E-state index is 12.2. The molecule has 0 radical (unpaired) electrons. The normalized spacial score (nSPS) is 22.1. The number of nitrogens with one attached hydrogen (secondary N) is 1. The van der Waals surface area contributed by atoms with Crippen molar-refractivity contribution in [2.45, 2.75) is 30.5 Å². The SMILES string of the molecule is O=C(NCC1CCCCC1Br)c1ccc2ccccc2n1. The Morgan fingerprint density at radius 3 is 2.86 bits per heavy atom. The van der Waals surface area contributed by atoms with E-state index in [4.69, 9.17) is 0 Å². The maximum Gasteiger partial charge on any atom is 0.269 e. The van der Waals surface area contributed by atoms with Gasteiger partial charge in [0.25, 0.3) is 5.91 Å². The Hall–Kier alpha value is -1.42. The maximum atomic E-state index is 12.2. The number of para-hydroxylation sites is 1. The van der Waals surface area contributed by atoms with Gasteiger partial charge in [-0.3, -0.25) is 4.79 Å². The number of hydrogen-bond donors (Lipinski definition) is 1. The summed E-state index contributed by atoms with van der Waals surface area (Å²) in [5.74, 6) is 0.453. The number of carbonyl (C=O) groups excluding carboxylic acids is 1. The van der Waals surface area contributed by atoms with Crippen molar-refractivity contribution in [3.63, 3.8) is 0 Å². The molecule has 0 spiro atoms. The lowest BCUT2D eigenvalue weighted by Gasteiger charge is -2.27.